The molecule has 2 nitrogen and oxygen atoms in total. The van der Waals surface area contributed by atoms with Gasteiger partial charge in [0.15, 0.2) is 0 Å². The van der Waals surface area contributed by atoms with Crippen molar-refractivity contribution in [1.82, 2.24) is 5.43 Å². The van der Waals surface area contributed by atoms with E-state index >= 15 is 0 Å². The molecule has 0 aromatic heterocycles. The number of nitrogens with two attached hydrogens (primary N) is 1. The Labute approximate surface area is 119 Å². The maximum absolute atomic E-state index is 5.91. The second kappa shape index (κ2) is 6.71. The van der Waals surface area contributed by atoms with Gasteiger partial charge in [0.2, 0.25) is 0 Å². The highest BCUT2D eigenvalue weighted by molar-refractivity contribution is 6.30. The van der Waals surface area contributed by atoms with Gasteiger partial charge >= 0.3 is 0 Å². The summed E-state index contributed by atoms with van der Waals surface area (Å²) < 4.78 is 0. The first-order valence-electron chi connectivity index (χ1n) is 6.53. The van der Waals surface area contributed by atoms with E-state index in [2.05, 4.69) is 36.6 Å². The molecule has 0 heterocycles. The predicted molar refractivity (Wildman–Crippen MR) is 81.0 cm³/mol. The van der Waals surface area contributed by atoms with Gasteiger partial charge in [-0.2, -0.15) is 0 Å². The topological polar surface area (TPSA) is 38.0 Å². The van der Waals surface area contributed by atoms with E-state index < -0.39 is 0 Å². The van der Waals surface area contributed by atoms with Crippen molar-refractivity contribution in [2.45, 2.75) is 25.8 Å². The van der Waals surface area contributed by atoms with Gasteiger partial charge in [0.1, 0.15) is 0 Å². The Morgan fingerprint density at radius 1 is 1.11 bits per heavy atom. The van der Waals surface area contributed by atoms with Crippen molar-refractivity contribution in [3.05, 3.63) is 70.2 Å². The van der Waals surface area contributed by atoms with Crippen LogP contribution in [0.1, 0.15) is 29.7 Å². The molecular formula is C16H19ClN2. The largest absolute Gasteiger partial charge is 0.271 e. The van der Waals surface area contributed by atoms with Crippen LogP contribution in [0.2, 0.25) is 5.02 Å². The zero-order valence-electron chi connectivity index (χ0n) is 11.1. The van der Waals surface area contributed by atoms with E-state index in [4.69, 9.17) is 17.4 Å². The summed E-state index contributed by atoms with van der Waals surface area (Å²) in [5, 5.41) is 0.759. The molecule has 19 heavy (non-hydrogen) atoms. The van der Waals surface area contributed by atoms with Crippen LogP contribution in [-0.2, 0) is 12.8 Å². The fourth-order valence-electron chi connectivity index (χ4n) is 2.31. The molecule has 2 aromatic carbocycles. The van der Waals surface area contributed by atoms with Gasteiger partial charge in [0.05, 0.1) is 6.04 Å². The molecule has 1 unspecified atom stereocenters. The third-order valence-corrected chi connectivity index (χ3v) is 3.62. The van der Waals surface area contributed by atoms with Gasteiger partial charge in [-0.25, -0.2) is 0 Å². The molecule has 0 aliphatic heterocycles. The molecule has 0 radical (unpaired) electrons. The van der Waals surface area contributed by atoms with Crippen molar-refractivity contribution >= 4 is 11.6 Å². The van der Waals surface area contributed by atoms with Gasteiger partial charge in [0.25, 0.3) is 0 Å². The van der Waals surface area contributed by atoms with E-state index in [-0.39, 0.29) is 6.04 Å². The van der Waals surface area contributed by atoms with Crippen molar-refractivity contribution in [2.24, 2.45) is 5.84 Å². The molecule has 0 saturated heterocycles. The highest BCUT2D eigenvalue weighted by Gasteiger charge is 2.13. The molecular weight excluding hydrogens is 256 g/mol. The number of benzene rings is 2. The first-order valence-corrected chi connectivity index (χ1v) is 6.90. The normalized spacial score (nSPS) is 12.4. The smallest absolute Gasteiger partial charge is 0.0503 e. The average Bonchev–Trinajstić information content (AvgIpc) is 2.46. The lowest BCUT2D eigenvalue weighted by Gasteiger charge is -2.19. The monoisotopic (exact) mass is 274 g/mol. The Balaban J connectivity index is 2.22. The van der Waals surface area contributed by atoms with Crippen LogP contribution < -0.4 is 11.3 Å². The minimum absolute atomic E-state index is 0.123. The van der Waals surface area contributed by atoms with E-state index in [0.717, 1.165) is 17.9 Å². The molecule has 2 rings (SSSR count). The van der Waals surface area contributed by atoms with Crippen LogP contribution in [0.3, 0.4) is 0 Å². The van der Waals surface area contributed by atoms with E-state index in [0.29, 0.717) is 0 Å². The first kappa shape index (κ1) is 14.1. The van der Waals surface area contributed by atoms with Crippen LogP contribution in [0, 0.1) is 0 Å². The third-order valence-electron chi connectivity index (χ3n) is 3.37. The van der Waals surface area contributed by atoms with Gasteiger partial charge < -0.3 is 0 Å². The summed E-state index contributed by atoms with van der Waals surface area (Å²) in [5.74, 6) is 5.73. The number of hydrazine groups is 1. The van der Waals surface area contributed by atoms with Crippen LogP contribution in [-0.4, -0.2) is 0 Å². The van der Waals surface area contributed by atoms with Crippen molar-refractivity contribution in [1.29, 1.82) is 0 Å². The fourth-order valence-corrected chi connectivity index (χ4v) is 2.44. The molecule has 3 heteroatoms. The quantitative estimate of drug-likeness (QED) is 0.645. The summed E-state index contributed by atoms with van der Waals surface area (Å²) in [6.45, 7) is 2.16. The van der Waals surface area contributed by atoms with E-state index in [1.54, 1.807) is 0 Å². The van der Waals surface area contributed by atoms with Crippen molar-refractivity contribution in [3.8, 4) is 0 Å². The van der Waals surface area contributed by atoms with Gasteiger partial charge in [-0.3, -0.25) is 11.3 Å². The van der Waals surface area contributed by atoms with E-state index in [1.807, 2.05) is 24.3 Å². The Morgan fingerprint density at radius 2 is 1.79 bits per heavy atom. The Kier molecular flexibility index (Phi) is 4.97. The Morgan fingerprint density at radius 3 is 2.42 bits per heavy atom. The zero-order valence-corrected chi connectivity index (χ0v) is 11.8. The minimum Gasteiger partial charge on any atom is -0.271 e. The highest BCUT2D eigenvalue weighted by atomic mass is 35.5. The van der Waals surface area contributed by atoms with Crippen LogP contribution in [0.4, 0.5) is 0 Å². The van der Waals surface area contributed by atoms with Gasteiger partial charge in [-0.15, -0.1) is 0 Å². The SMILES string of the molecule is CCc1ccccc1C(Cc1ccc(Cl)cc1)NN. The molecule has 100 valence electrons. The van der Waals surface area contributed by atoms with E-state index in [9.17, 15) is 0 Å². The summed E-state index contributed by atoms with van der Waals surface area (Å²) in [4.78, 5) is 0. The fraction of sp³-hybridized carbons (Fsp3) is 0.250. The zero-order chi connectivity index (χ0) is 13.7. The molecule has 0 aliphatic rings. The average molecular weight is 275 g/mol. The van der Waals surface area contributed by atoms with Crippen LogP contribution in [0.15, 0.2) is 48.5 Å². The second-order valence-electron chi connectivity index (χ2n) is 4.60. The molecule has 0 spiro atoms. The van der Waals surface area contributed by atoms with Gasteiger partial charge in [0, 0.05) is 5.02 Å². The van der Waals surface area contributed by atoms with Crippen molar-refractivity contribution < 1.29 is 0 Å². The lowest BCUT2D eigenvalue weighted by Crippen LogP contribution is -2.30. The standard InChI is InChI=1S/C16H19ClN2/c1-2-13-5-3-4-6-15(13)16(19-18)11-12-7-9-14(17)10-8-12/h3-10,16,19H,2,11,18H2,1H3. The maximum atomic E-state index is 5.91. The lowest BCUT2D eigenvalue weighted by molar-refractivity contribution is 0.548. The molecule has 0 amide bonds. The van der Waals surface area contributed by atoms with Crippen molar-refractivity contribution in [2.75, 3.05) is 0 Å². The Hall–Kier alpha value is -1.35. The second-order valence-corrected chi connectivity index (χ2v) is 5.04. The number of hydrogen-bond acceptors (Lipinski definition) is 2. The number of rotatable bonds is 5. The molecule has 0 aliphatic carbocycles. The molecule has 0 saturated carbocycles. The molecule has 3 N–H and O–H groups in total. The van der Waals surface area contributed by atoms with Crippen molar-refractivity contribution in [3.63, 3.8) is 0 Å². The van der Waals surface area contributed by atoms with E-state index in [1.165, 1.54) is 16.7 Å². The van der Waals surface area contributed by atoms with Crippen LogP contribution >= 0.6 is 11.6 Å². The lowest BCUT2D eigenvalue weighted by atomic mass is 9.94. The van der Waals surface area contributed by atoms with Crippen LogP contribution in [0.5, 0.6) is 0 Å². The number of aryl methyl sites for hydroxylation is 1. The molecule has 2 aromatic rings. The predicted octanol–water partition coefficient (Wildman–Crippen LogP) is 3.65. The summed E-state index contributed by atoms with van der Waals surface area (Å²) >= 11 is 5.91. The number of hydrogen-bond donors (Lipinski definition) is 2. The first-order chi connectivity index (χ1) is 9.24. The molecule has 0 bridgehead atoms. The van der Waals surface area contributed by atoms with Crippen LogP contribution in [0.25, 0.3) is 0 Å². The Bertz CT molecular complexity index is 523. The number of nitrogens with one attached hydrogen (secondary N) is 1. The molecule has 1 atom stereocenters. The summed E-state index contributed by atoms with van der Waals surface area (Å²) in [6, 6.07) is 16.5. The minimum atomic E-state index is 0.123. The maximum Gasteiger partial charge on any atom is 0.0503 e. The third kappa shape index (κ3) is 3.57. The summed E-state index contributed by atoms with van der Waals surface area (Å²) in [7, 11) is 0. The van der Waals surface area contributed by atoms with Gasteiger partial charge in [-0.1, -0.05) is 54.9 Å². The molecule has 0 fully saturated rings. The number of halogens is 1. The summed E-state index contributed by atoms with van der Waals surface area (Å²) in [5.41, 5.74) is 6.74. The summed E-state index contributed by atoms with van der Waals surface area (Å²) in [6.07, 6.45) is 1.86. The van der Waals surface area contributed by atoms with Gasteiger partial charge in [-0.05, 0) is 41.7 Å². The highest BCUT2D eigenvalue weighted by Crippen LogP contribution is 2.22.